The van der Waals surface area contributed by atoms with Crippen molar-refractivity contribution in [2.75, 3.05) is 51.6 Å². The lowest BCUT2D eigenvalue weighted by Gasteiger charge is -2.47. The molecular weight excluding hydrogens is 978 g/mol. The Hall–Kier alpha value is -5.53. The fraction of sp³-hybridized carbons (Fsp3) is 0.510. The van der Waals surface area contributed by atoms with Crippen LogP contribution in [0.4, 0.5) is 33.5 Å². The number of aromatic nitrogens is 3. The number of non-ortho nitro benzene ring substituents is 1. The van der Waals surface area contributed by atoms with Crippen molar-refractivity contribution in [3.8, 4) is 34.5 Å². The minimum Gasteiger partial charge on any atom is -0.468 e. The summed E-state index contributed by atoms with van der Waals surface area (Å²) >= 11 is 0. The molecule has 5 aromatic rings. The number of ether oxygens (including phenoxy) is 3. The third-order valence-electron chi connectivity index (χ3n) is 15.7. The number of pyridine rings is 1. The van der Waals surface area contributed by atoms with Gasteiger partial charge in [0.1, 0.15) is 55.0 Å². The van der Waals surface area contributed by atoms with Crippen molar-refractivity contribution in [2.45, 2.75) is 125 Å². The summed E-state index contributed by atoms with van der Waals surface area (Å²) in [4.78, 5) is 27.8. The van der Waals surface area contributed by atoms with Crippen LogP contribution in [0.5, 0.6) is 11.8 Å². The number of fused-ring (bicyclic) bond motifs is 5. The molecule has 0 N–H and O–H groups in total. The van der Waals surface area contributed by atoms with Gasteiger partial charge in [-0.1, -0.05) is 53.5 Å². The molecule has 4 saturated heterocycles. The van der Waals surface area contributed by atoms with Gasteiger partial charge in [0.25, 0.3) is 12.1 Å². The number of hydrogen-bond acceptors (Lipinski definition) is 12. The highest BCUT2D eigenvalue weighted by Crippen LogP contribution is 2.49. The summed E-state index contributed by atoms with van der Waals surface area (Å²) in [5.41, 5.74) is 0.497. The molecule has 4 atom stereocenters. The van der Waals surface area contributed by atoms with E-state index in [1.54, 1.807) is 12.1 Å². The SMILES string of the molecule is COCOc1cc(-c2ncc3c(N4CC5CCC(C(F)F)(C4)N5S(=O)(=O)c4ccc([N+](=O)[O-])cc4)nc(OC[C@@]45CCCN4C[C@H](F)C5)nc3c2F)c2c(C#C[Si](C(C)C)(C(C)C)C(C)C)c(F)ccc2c1. The predicted molar refractivity (Wildman–Crippen MR) is 265 cm³/mol. The van der Waals surface area contributed by atoms with Crippen molar-refractivity contribution < 1.29 is 49.5 Å². The van der Waals surface area contributed by atoms with E-state index in [0.717, 1.165) is 35.0 Å². The molecule has 0 aliphatic carbocycles. The Kier molecular flexibility index (Phi) is 13.8. The van der Waals surface area contributed by atoms with Gasteiger partial charge in [-0.3, -0.25) is 20.0 Å². The van der Waals surface area contributed by atoms with Gasteiger partial charge in [-0.2, -0.15) is 14.3 Å². The molecule has 14 nitrogen and oxygen atoms in total. The minimum absolute atomic E-state index is 0.00619. The molecule has 0 saturated carbocycles. The average Bonchev–Trinajstić information content (AvgIpc) is 3.96. The lowest BCUT2D eigenvalue weighted by atomic mass is 9.95. The number of hydrogen-bond donors (Lipinski definition) is 0. The Bertz CT molecular complexity index is 3090. The second-order valence-electron chi connectivity index (χ2n) is 20.6. The van der Waals surface area contributed by atoms with Gasteiger partial charge in [0, 0.05) is 68.5 Å². The van der Waals surface area contributed by atoms with E-state index in [9.17, 15) is 22.9 Å². The fourth-order valence-electron chi connectivity index (χ4n) is 12.4. The number of alkyl halides is 3. The van der Waals surface area contributed by atoms with Crippen LogP contribution in [0.1, 0.15) is 79.2 Å². The van der Waals surface area contributed by atoms with Crippen LogP contribution in [0.15, 0.2) is 59.6 Å². The first-order valence-electron chi connectivity index (χ1n) is 24.3. The van der Waals surface area contributed by atoms with E-state index >= 15 is 17.6 Å². The number of nitro groups is 1. The summed E-state index contributed by atoms with van der Waals surface area (Å²) in [5, 5.41) is 12.1. The van der Waals surface area contributed by atoms with Crippen LogP contribution in [-0.4, -0.2) is 122 Å². The number of benzene rings is 3. The van der Waals surface area contributed by atoms with Crippen LogP contribution in [-0.2, 0) is 14.8 Å². The van der Waals surface area contributed by atoms with Crippen LogP contribution in [0.2, 0.25) is 16.6 Å². The van der Waals surface area contributed by atoms with Crippen molar-refractivity contribution in [1.82, 2.24) is 24.2 Å². The molecule has 2 unspecified atom stereocenters. The topological polar surface area (TPSA) is 153 Å². The van der Waals surface area contributed by atoms with Crippen molar-refractivity contribution in [3.63, 3.8) is 0 Å². The first-order valence-corrected chi connectivity index (χ1v) is 28.0. The first-order chi connectivity index (χ1) is 34.2. The third kappa shape index (κ3) is 8.63. The second-order valence-corrected chi connectivity index (χ2v) is 28.0. The number of nitrogens with zero attached hydrogens (tertiary/aromatic N) is 7. The Morgan fingerprint density at radius 3 is 2.36 bits per heavy atom. The van der Waals surface area contributed by atoms with E-state index in [2.05, 4.69) is 63.0 Å². The number of anilines is 1. The third-order valence-corrected chi connectivity index (χ3v) is 24.0. The molecule has 72 heavy (non-hydrogen) atoms. The monoisotopic (exact) mass is 1040 g/mol. The molecule has 4 fully saturated rings. The molecule has 4 aliphatic rings. The fourth-order valence-corrected chi connectivity index (χ4v) is 19.6. The number of methoxy groups -OCH3 is 1. The largest absolute Gasteiger partial charge is 0.468 e. The summed E-state index contributed by atoms with van der Waals surface area (Å²) < 4.78 is 128. The van der Waals surface area contributed by atoms with Gasteiger partial charge in [-0.15, -0.1) is 5.54 Å². The van der Waals surface area contributed by atoms with E-state index in [1.807, 2.05) is 4.90 Å². The van der Waals surface area contributed by atoms with Gasteiger partial charge in [-0.05, 0) is 84.6 Å². The molecule has 6 heterocycles. The lowest BCUT2D eigenvalue weighted by Crippen LogP contribution is -2.66. The Balaban J connectivity index is 1.22. The highest BCUT2D eigenvalue weighted by Gasteiger charge is 2.62. The van der Waals surface area contributed by atoms with Gasteiger partial charge in [0.05, 0.1) is 26.3 Å². The second kappa shape index (κ2) is 19.4. The molecule has 0 radical (unpaired) electrons. The summed E-state index contributed by atoms with van der Waals surface area (Å²) in [6.45, 7) is 12.8. The molecule has 4 aliphatic heterocycles. The maximum atomic E-state index is 18.1. The summed E-state index contributed by atoms with van der Waals surface area (Å²) in [5.74, 6) is 1.85. The summed E-state index contributed by atoms with van der Waals surface area (Å²) in [6.07, 6.45) is -1.59. The standard InChI is InChI=1S/C51H58F5N7O7SSi/c1-30(2)72(31(3)4,32(5)6)20-16-39-42(53)14-9-33-21-37(70-29-68-7)22-40(43(33)39)45-44(54)46-41(24-57-45)47(59-49(58-46)69-28-50-17-8-19-61(50)25-34(52)23-50)60-26-36-15-18-51(27-60,48(55)56)62(36)71(66,67)38-12-10-35(11-13-38)63(64)65/h9-14,21-22,24,30-32,34,36,48H,8,15,17-19,23,25-29H2,1-7H3/t34-,36?,50+,51?/m1/s1. The molecule has 384 valence electrons. The van der Waals surface area contributed by atoms with Crippen molar-refractivity contribution in [1.29, 1.82) is 0 Å². The van der Waals surface area contributed by atoms with Crippen LogP contribution in [0, 0.1) is 33.2 Å². The van der Waals surface area contributed by atoms with E-state index in [-0.39, 0.29) is 124 Å². The number of piperazine rings is 1. The number of halogens is 5. The van der Waals surface area contributed by atoms with Crippen molar-refractivity contribution >= 4 is 51.3 Å². The smallest absolute Gasteiger partial charge is 0.319 e. The van der Waals surface area contributed by atoms with E-state index in [1.165, 1.54) is 30.3 Å². The van der Waals surface area contributed by atoms with Crippen LogP contribution in [0.3, 0.4) is 0 Å². The summed E-state index contributed by atoms with van der Waals surface area (Å²) in [7, 11) is -5.64. The van der Waals surface area contributed by atoms with Crippen molar-refractivity contribution in [3.05, 3.63) is 82.0 Å². The van der Waals surface area contributed by atoms with Crippen molar-refractivity contribution in [2.24, 2.45) is 0 Å². The maximum Gasteiger partial charge on any atom is 0.319 e. The maximum absolute atomic E-state index is 18.1. The van der Waals surface area contributed by atoms with E-state index in [4.69, 9.17) is 19.2 Å². The number of nitro benzene ring substituents is 1. The van der Waals surface area contributed by atoms with Gasteiger partial charge in [0.2, 0.25) is 10.0 Å². The van der Waals surface area contributed by atoms with Gasteiger partial charge in [0.15, 0.2) is 12.6 Å². The highest BCUT2D eigenvalue weighted by molar-refractivity contribution is 7.89. The average molecular weight is 1040 g/mol. The molecule has 3 aromatic carbocycles. The quantitative estimate of drug-likeness (QED) is 0.0245. The zero-order valence-electron chi connectivity index (χ0n) is 41.2. The zero-order valence-corrected chi connectivity index (χ0v) is 43.0. The summed E-state index contributed by atoms with van der Waals surface area (Å²) in [6, 6.07) is 8.75. The predicted octanol–water partition coefficient (Wildman–Crippen LogP) is 10.2. The van der Waals surface area contributed by atoms with Gasteiger partial charge >= 0.3 is 6.01 Å². The van der Waals surface area contributed by atoms with Crippen LogP contribution >= 0.6 is 0 Å². The van der Waals surface area contributed by atoms with Gasteiger partial charge in [-0.25, -0.2) is 30.4 Å². The number of sulfonamides is 1. The molecular formula is C51H58F5N7O7SSi. The van der Waals surface area contributed by atoms with E-state index in [0.29, 0.717) is 18.4 Å². The molecule has 0 amide bonds. The molecule has 0 spiro atoms. The lowest BCUT2D eigenvalue weighted by molar-refractivity contribution is -0.384. The van der Waals surface area contributed by atoms with Crippen LogP contribution in [0.25, 0.3) is 32.9 Å². The Labute approximate surface area is 416 Å². The first kappa shape index (κ1) is 51.4. The van der Waals surface area contributed by atoms with Gasteiger partial charge < -0.3 is 19.1 Å². The van der Waals surface area contributed by atoms with Crippen LogP contribution < -0.4 is 14.4 Å². The normalized spacial score (nSPS) is 22.7. The van der Waals surface area contributed by atoms with E-state index < -0.39 is 70.9 Å². The highest BCUT2D eigenvalue weighted by atomic mass is 32.2. The minimum atomic E-state index is -4.65. The Morgan fingerprint density at radius 1 is 0.972 bits per heavy atom. The zero-order chi connectivity index (χ0) is 51.7. The molecule has 2 bridgehead atoms. The molecule has 2 aromatic heterocycles. The number of rotatable bonds is 15. The molecule has 21 heteroatoms. The molecule has 9 rings (SSSR count). The Morgan fingerprint density at radius 2 is 1.69 bits per heavy atom.